The molecule has 132 valence electrons. The number of piperazine rings is 1. The van der Waals surface area contributed by atoms with Crippen molar-refractivity contribution < 1.29 is 14.3 Å². The standard InChI is InChI=1S/C19H23N3O3/c1-20-8-7-16(14-20)19(24)22-11-9-21(10-12-22)18(23)13-15-3-5-17(25-2)6-4-15/h3-8,14H,9-13H2,1-2H3. The summed E-state index contributed by atoms with van der Waals surface area (Å²) >= 11 is 0. The number of carbonyl (C=O) groups excluding carboxylic acids is 2. The summed E-state index contributed by atoms with van der Waals surface area (Å²) in [5.41, 5.74) is 1.66. The van der Waals surface area contributed by atoms with Crippen molar-refractivity contribution in [3.63, 3.8) is 0 Å². The first-order chi connectivity index (χ1) is 12.1. The molecule has 6 heteroatoms. The van der Waals surface area contributed by atoms with Gasteiger partial charge in [-0.2, -0.15) is 0 Å². The number of carbonyl (C=O) groups is 2. The van der Waals surface area contributed by atoms with E-state index in [2.05, 4.69) is 0 Å². The van der Waals surface area contributed by atoms with Gasteiger partial charge in [0, 0.05) is 45.6 Å². The van der Waals surface area contributed by atoms with E-state index in [0.717, 1.165) is 11.3 Å². The van der Waals surface area contributed by atoms with Crippen LogP contribution in [0.4, 0.5) is 0 Å². The van der Waals surface area contributed by atoms with E-state index in [-0.39, 0.29) is 11.8 Å². The van der Waals surface area contributed by atoms with Crippen LogP contribution in [-0.2, 0) is 18.3 Å². The number of nitrogens with zero attached hydrogens (tertiary/aromatic N) is 3. The second-order valence-electron chi connectivity index (χ2n) is 6.26. The Morgan fingerprint density at radius 2 is 1.64 bits per heavy atom. The molecule has 1 aromatic heterocycles. The van der Waals surface area contributed by atoms with E-state index < -0.39 is 0 Å². The molecule has 25 heavy (non-hydrogen) atoms. The number of methoxy groups -OCH3 is 1. The number of aryl methyl sites for hydroxylation is 1. The highest BCUT2D eigenvalue weighted by Gasteiger charge is 2.25. The number of hydrogen-bond acceptors (Lipinski definition) is 3. The van der Waals surface area contributed by atoms with E-state index in [1.165, 1.54) is 0 Å². The summed E-state index contributed by atoms with van der Waals surface area (Å²) in [6.07, 6.45) is 4.06. The van der Waals surface area contributed by atoms with Gasteiger partial charge in [0.25, 0.3) is 5.91 Å². The van der Waals surface area contributed by atoms with Crippen LogP contribution in [0.2, 0.25) is 0 Å². The zero-order valence-corrected chi connectivity index (χ0v) is 14.6. The lowest BCUT2D eigenvalue weighted by molar-refractivity contribution is -0.131. The number of rotatable bonds is 4. The summed E-state index contributed by atoms with van der Waals surface area (Å²) in [6.45, 7) is 2.30. The monoisotopic (exact) mass is 341 g/mol. The van der Waals surface area contributed by atoms with E-state index in [4.69, 9.17) is 4.74 Å². The van der Waals surface area contributed by atoms with Gasteiger partial charge in [-0.15, -0.1) is 0 Å². The van der Waals surface area contributed by atoms with E-state index >= 15 is 0 Å². The highest BCUT2D eigenvalue weighted by Crippen LogP contribution is 2.14. The van der Waals surface area contributed by atoms with Crippen molar-refractivity contribution in [1.29, 1.82) is 0 Å². The topological polar surface area (TPSA) is 54.8 Å². The minimum atomic E-state index is 0.0304. The maximum Gasteiger partial charge on any atom is 0.255 e. The molecule has 0 unspecified atom stereocenters. The van der Waals surface area contributed by atoms with Gasteiger partial charge in [0.05, 0.1) is 19.1 Å². The fraction of sp³-hybridized carbons (Fsp3) is 0.368. The van der Waals surface area contributed by atoms with Crippen LogP contribution >= 0.6 is 0 Å². The molecule has 0 N–H and O–H groups in total. The molecule has 1 aliphatic rings. The predicted octanol–water partition coefficient (Wildman–Crippen LogP) is 1.56. The van der Waals surface area contributed by atoms with Crippen molar-refractivity contribution in [2.75, 3.05) is 33.3 Å². The summed E-state index contributed by atoms with van der Waals surface area (Å²) in [4.78, 5) is 28.5. The van der Waals surface area contributed by atoms with Gasteiger partial charge in [0.2, 0.25) is 5.91 Å². The van der Waals surface area contributed by atoms with Crippen LogP contribution in [0.15, 0.2) is 42.7 Å². The van der Waals surface area contributed by atoms with Crippen molar-refractivity contribution in [1.82, 2.24) is 14.4 Å². The Morgan fingerprint density at radius 3 is 2.20 bits per heavy atom. The first-order valence-corrected chi connectivity index (χ1v) is 8.39. The number of ether oxygens (including phenoxy) is 1. The van der Waals surface area contributed by atoms with Crippen LogP contribution in [0.1, 0.15) is 15.9 Å². The van der Waals surface area contributed by atoms with Gasteiger partial charge in [-0.25, -0.2) is 0 Å². The van der Waals surface area contributed by atoms with Crippen LogP contribution < -0.4 is 4.74 Å². The Kier molecular flexibility index (Phi) is 5.07. The summed E-state index contributed by atoms with van der Waals surface area (Å²) in [7, 11) is 3.52. The molecule has 0 bridgehead atoms. The molecule has 0 atom stereocenters. The van der Waals surface area contributed by atoms with Crippen molar-refractivity contribution in [2.45, 2.75) is 6.42 Å². The maximum absolute atomic E-state index is 12.5. The molecule has 1 fully saturated rings. The van der Waals surface area contributed by atoms with Crippen LogP contribution in [0.5, 0.6) is 5.75 Å². The second-order valence-corrected chi connectivity index (χ2v) is 6.26. The number of amides is 2. The van der Waals surface area contributed by atoms with E-state index in [1.807, 2.05) is 64.1 Å². The summed E-state index contributed by atoms with van der Waals surface area (Å²) < 4.78 is 6.99. The highest BCUT2D eigenvalue weighted by molar-refractivity contribution is 5.94. The Hall–Kier alpha value is -2.76. The summed E-state index contributed by atoms with van der Waals surface area (Å²) in [5.74, 6) is 0.907. The Bertz CT molecular complexity index is 744. The molecule has 2 heterocycles. The van der Waals surface area contributed by atoms with Crippen LogP contribution in [0, 0.1) is 0 Å². The third-order valence-corrected chi connectivity index (χ3v) is 4.51. The molecule has 1 aliphatic heterocycles. The third-order valence-electron chi connectivity index (χ3n) is 4.51. The molecule has 0 spiro atoms. The number of aromatic nitrogens is 1. The van der Waals surface area contributed by atoms with Gasteiger partial charge in [0.15, 0.2) is 0 Å². The SMILES string of the molecule is COc1ccc(CC(=O)N2CCN(C(=O)c3ccn(C)c3)CC2)cc1. The van der Waals surface area contributed by atoms with E-state index in [9.17, 15) is 9.59 Å². The average Bonchev–Trinajstić information content (AvgIpc) is 3.08. The minimum absolute atomic E-state index is 0.0304. The molecule has 3 rings (SSSR count). The molecule has 1 saturated heterocycles. The van der Waals surface area contributed by atoms with Crippen molar-refractivity contribution >= 4 is 11.8 Å². The van der Waals surface area contributed by atoms with Gasteiger partial charge in [-0.05, 0) is 23.8 Å². The highest BCUT2D eigenvalue weighted by atomic mass is 16.5. The van der Waals surface area contributed by atoms with Crippen molar-refractivity contribution in [3.05, 3.63) is 53.9 Å². The van der Waals surface area contributed by atoms with Crippen molar-refractivity contribution in [2.24, 2.45) is 7.05 Å². The van der Waals surface area contributed by atoms with Gasteiger partial charge in [-0.3, -0.25) is 9.59 Å². The smallest absolute Gasteiger partial charge is 0.255 e. The van der Waals surface area contributed by atoms with Gasteiger partial charge < -0.3 is 19.1 Å². The second kappa shape index (κ2) is 7.42. The van der Waals surface area contributed by atoms with Crippen LogP contribution in [-0.4, -0.2) is 59.5 Å². The number of benzene rings is 1. The molecule has 2 aromatic rings. The first kappa shape index (κ1) is 17.1. The lowest BCUT2D eigenvalue weighted by atomic mass is 10.1. The minimum Gasteiger partial charge on any atom is -0.497 e. The molecule has 0 radical (unpaired) electrons. The van der Waals surface area contributed by atoms with Gasteiger partial charge in [0.1, 0.15) is 5.75 Å². The lowest BCUT2D eigenvalue weighted by Crippen LogP contribution is -2.50. The Morgan fingerprint density at radius 1 is 1.00 bits per heavy atom. The first-order valence-electron chi connectivity index (χ1n) is 8.39. The van der Waals surface area contributed by atoms with Gasteiger partial charge >= 0.3 is 0 Å². The molecule has 6 nitrogen and oxygen atoms in total. The zero-order valence-electron chi connectivity index (χ0n) is 14.6. The summed E-state index contributed by atoms with van der Waals surface area (Å²) in [5, 5.41) is 0. The number of hydrogen-bond donors (Lipinski definition) is 0. The fourth-order valence-electron chi connectivity index (χ4n) is 3.00. The normalized spacial score (nSPS) is 14.5. The molecule has 2 amide bonds. The summed E-state index contributed by atoms with van der Waals surface area (Å²) in [6, 6.07) is 9.36. The third kappa shape index (κ3) is 4.02. The van der Waals surface area contributed by atoms with Crippen LogP contribution in [0.25, 0.3) is 0 Å². The maximum atomic E-state index is 12.5. The predicted molar refractivity (Wildman–Crippen MR) is 94.6 cm³/mol. The fourth-order valence-corrected chi connectivity index (χ4v) is 3.00. The quantitative estimate of drug-likeness (QED) is 0.848. The molecular weight excluding hydrogens is 318 g/mol. The Balaban J connectivity index is 1.52. The van der Waals surface area contributed by atoms with E-state index in [1.54, 1.807) is 7.11 Å². The zero-order chi connectivity index (χ0) is 17.8. The Labute approximate surface area is 147 Å². The van der Waals surface area contributed by atoms with E-state index in [0.29, 0.717) is 38.2 Å². The van der Waals surface area contributed by atoms with Crippen molar-refractivity contribution in [3.8, 4) is 5.75 Å². The molecule has 1 aromatic carbocycles. The molecule has 0 aliphatic carbocycles. The van der Waals surface area contributed by atoms with Crippen LogP contribution in [0.3, 0.4) is 0 Å². The lowest BCUT2D eigenvalue weighted by Gasteiger charge is -2.34. The molecule has 0 saturated carbocycles. The molecular formula is C19H23N3O3. The van der Waals surface area contributed by atoms with Gasteiger partial charge in [-0.1, -0.05) is 12.1 Å². The average molecular weight is 341 g/mol. The largest absolute Gasteiger partial charge is 0.497 e.